The van der Waals surface area contributed by atoms with Gasteiger partial charge in [-0.15, -0.1) is 0 Å². The van der Waals surface area contributed by atoms with Crippen molar-refractivity contribution in [3.05, 3.63) is 71.8 Å². The SMILES string of the molecule is C.F[B]F.O=C(C(=O)c1ccccc1)c1ccccc1. The maximum Gasteiger partial charge on any atom is 0.577 e. The van der Waals surface area contributed by atoms with Gasteiger partial charge in [0.15, 0.2) is 0 Å². The van der Waals surface area contributed by atoms with Crippen LogP contribution in [0.15, 0.2) is 60.7 Å². The average Bonchev–Trinajstić information content (AvgIpc) is 2.48. The van der Waals surface area contributed by atoms with Crippen molar-refractivity contribution in [3.8, 4) is 0 Å². The van der Waals surface area contributed by atoms with E-state index >= 15 is 0 Å². The fourth-order valence-electron chi connectivity index (χ4n) is 1.44. The van der Waals surface area contributed by atoms with Crippen molar-refractivity contribution in [2.75, 3.05) is 0 Å². The monoisotopic (exact) mass is 275 g/mol. The number of hydrogen-bond donors (Lipinski definition) is 0. The molecule has 0 spiro atoms. The van der Waals surface area contributed by atoms with Crippen LogP contribution in [0.25, 0.3) is 0 Å². The third-order valence-electron chi connectivity index (χ3n) is 2.28. The van der Waals surface area contributed by atoms with Crippen LogP contribution in [0.2, 0.25) is 0 Å². The van der Waals surface area contributed by atoms with Gasteiger partial charge in [-0.05, 0) is 0 Å². The Bertz CT molecular complexity index is 481. The van der Waals surface area contributed by atoms with E-state index in [-0.39, 0.29) is 7.43 Å². The topological polar surface area (TPSA) is 34.1 Å². The van der Waals surface area contributed by atoms with Crippen LogP contribution in [0.1, 0.15) is 28.1 Å². The first kappa shape index (κ1) is 17.7. The Morgan fingerprint density at radius 3 is 1.20 bits per heavy atom. The number of ketones is 2. The third-order valence-corrected chi connectivity index (χ3v) is 2.28. The minimum absolute atomic E-state index is 0. The molecule has 0 bridgehead atoms. The zero-order valence-corrected chi connectivity index (χ0v) is 9.92. The molecule has 0 heterocycles. The van der Waals surface area contributed by atoms with Crippen molar-refractivity contribution in [2.45, 2.75) is 7.43 Å². The smallest absolute Gasteiger partial charge is 0.289 e. The molecular formula is C15H14BF2O2. The van der Waals surface area contributed by atoms with E-state index in [1.165, 1.54) is 0 Å². The fourth-order valence-corrected chi connectivity index (χ4v) is 1.44. The van der Waals surface area contributed by atoms with Gasteiger partial charge in [-0.1, -0.05) is 68.1 Å². The normalized spacial score (nSPS) is 8.50. The molecule has 0 amide bonds. The lowest BCUT2D eigenvalue weighted by Crippen LogP contribution is -2.14. The molecule has 0 fully saturated rings. The van der Waals surface area contributed by atoms with Gasteiger partial charge in [-0.25, -0.2) is 0 Å². The number of rotatable bonds is 3. The summed E-state index contributed by atoms with van der Waals surface area (Å²) in [7, 11) is -1.00. The van der Waals surface area contributed by atoms with Crippen molar-refractivity contribution >= 4 is 19.4 Å². The molecule has 1 radical (unpaired) electrons. The predicted octanol–water partition coefficient (Wildman–Crippen LogP) is 3.85. The first-order valence-electron chi connectivity index (χ1n) is 5.42. The number of carbonyl (C=O) groups is 2. The molecule has 0 aliphatic rings. The van der Waals surface area contributed by atoms with Gasteiger partial charge in [-0.2, -0.15) is 0 Å². The molecule has 2 rings (SSSR count). The van der Waals surface area contributed by atoms with E-state index in [4.69, 9.17) is 0 Å². The highest BCUT2D eigenvalue weighted by molar-refractivity contribution is 6.49. The summed E-state index contributed by atoms with van der Waals surface area (Å²) in [5.74, 6) is -0.932. The van der Waals surface area contributed by atoms with Crippen LogP contribution < -0.4 is 0 Å². The molecule has 0 aliphatic carbocycles. The highest BCUT2D eigenvalue weighted by Crippen LogP contribution is 2.07. The molecule has 0 atom stereocenters. The van der Waals surface area contributed by atoms with Crippen LogP contribution in [0, 0.1) is 0 Å². The highest BCUT2D eigenvalue weighted by atomic mass is 19.2. The van der Waals surface area contributed by atoms with Crippen molar-refractivity contribution in [2.24, 2.45) is 0 Å². The van der Waals surface area contributed by atoms with Crippen LogP contribution in [0.5, 0.6) is 0 Å². The summed E-state index contributed by atoms with van der Waals surface area (Å²) < 4.78 is 19.0. The Hall–Kier alpha value is -2.30. The Kier molecular flexibility index (Phi) is 8.51. The number of halogens is 2. The first-order chi connectivity index (χ1) is 9.20. The second-order valence-corrected chi connectivity index (χ2v) is 3.47. The molecule has 2 nitrogen and oxygen atoms in total. The van der Waals surface area contributed by atoms with E-state index in [2.05, 4.69) is 0 Å². The van der Waals surface area contributed by atoms with Gasteiger partial charge >= 0.3 is 7.83 Å². The lowest BCUT2D eigenvalue weighted by Gasteiger charge is -1.99. The first-order valence-corrected chi connectivity index (χ1v) is 5.42. The average molecular weight is 275 g/mol. The number of hydrogen-bond acceptors (Lipinski definition) is 2. The standard InChI is InChI=1S/C14H10O2.CH4.BF2/c15-13(11-7-3-1-4-8-11)14(16)12-9-5-2-6-10-12;;2-1-3/h1-10H;1H4;. The van der Waals surface area contributed by atoms with Crippen LogP contribution in [0.4, 0.5) is 8.63 Å². The van der Waals surface area contributed by atoms with Crippen molar-refractivity contribution in [1.82, 2.24) is 0 Å². The summed E-state index contributed by atoms with van der Waals surface area (Å²) in [5.41, 5.74) is 0.854. The van der Waals surface area contributed by atoms with Gasteiger partial charge in [-0.3, -0.25) is 18.2 Å². The van der Waals surface area contributed by atoms with E-state index in [1.807, 2.05) is 12.1 Å². The summed E-state index contributed by atoms with van der Waals surface area (Å²) >= 11 is 0. The molecule has 0 N–H and O–H groups in total. The van der Waals surface area contributed by atoms with Gasteiger partial charge in [0.1, 0.15) is 0 Å². The van der Waals surface area contributed by atoms with Gasteiger partial charge < -0.3 is 0 Å². The van der Waals surface area contributed by atoms with Gasteiger partial charge in [0, 0.05) is 11.1 Å². The van der Waals surface area contributed by atoms with E-state index in [1.54, 1.807) is 48.5 Å². The maximum absolute atomic E-state index is 11.8. The van der Waals surface area contributed by atoms with Crippen LogP contribution in [0.3, 0.4) is 0 Å². The zero-order chi connectivity index (χ0) is 14.1. The number of carbonyl (C=O) groups excluding carboxylic acids is 2. The minimum atomic E-state index is -1.00. The predicted molar refractivity (Wildman–Crippen MR) is 76.2 cm³/mol. The second-order valence-electron chi connectivity index (χ2n) is 3.47. The molecule has 2 aromatic carbocycles. The van der Waals surface area contributed by atoms with E-state index < -0.39 is 19.4 Å². The summed E-state index contributed by atoms with van der Waals surface area (Å²) in [6.45, 7) is 0. The lowest BCUT2D eigenvalue weighted by atomic mass is 10.0. The van der Waals surface area contributed by atoms with Gasteiger partial charge in [0.05, 0.1) is 0 Å². The van der Waals surface area contributed by atoms with Gasteiger partial charge in [0.2, 0.25) is 11.6 Å². The Morgan fingerprint density at radius 2 is 0.950 bits per heavy atom. The Labute approximate surface area is 117 Å². The molecule has 0 aliphatic heterocycles. The number of benzene rings is 2. The zero-order valence-electron chi connectivity index (χ0n) is 9.92. The Morgan fingerprint density at radius 1 is 0.700 bits per heavy atom. The van der Waals surface area contributed by atoms with E-state index in [9.17, 15) is 18.2 Å². The lowest BCUT2D eigenvalue weighted by molar-refractivity contribution is 0.0817. The Balaban J connectivity index is 0.000000830. The molecule has 0 saturated carbocycles. The number of Topliss-reactive ketones (excluding diaryl/α,β-unsaturated/α-hetero) is 2. The molecule has 5 heteroatoms. The maximum atomic E-state index is 11.8. The van der Waals surface area contributed by atoms with Crippen LogP contribution in [-0.2, 0) is 0 Å². The van der Waals surface area contributed by atoms with E-state index in [0.717, 1.165) is 0 Å². The molecule has 2 aromatic rings. The quantitative estimate of drug-likeness (QED) is 0.484. The highest BCUT2D eigenvalue weighted by Gasteiger charge is 2.16. The second kappa shape index (κ2) is 9.61. The minimum Gasteiger partial charge on any atom is -0.289 e. The van der Waals surface area contributed by atoms with Crippen molar-refractivity contribution in [1.29, 1.82) is 0 Å². The molecule has 0 saturated heterocycles. The molecule has 0 aromatic heterocycles. The molecule has 0 unspecified atom stereocenters. The summed E-state index contributed by atoms with van der Waals surface area (Å²) in [6.07, 6.45) is 0. The van der Waals surface area contributed by atoms with E-state index in [0.29, 0.717) is 11.1 Å². The van der Waals surface area contributed by atoms with Crippen LogP contribution in [-0.4, -0.2) is 19.4 Å². The fraction of sp³-hybridized carbons (Fsp3) is 0.0667. The third kappa shape index (κ3) is 5.14. The molecule has 20 heavy (non-hydrogen) atoms. The largest absolute Gasteiger partial charge is 0.577 e. The van der Waals surface area contributed by atoms with Gasteiger partial charge in [0.25, 0.3) is 0 Å². The van der Waals surface area contributed by atoms with Crippen LogP contribution >= 0.6 is 0 Å². The molecular weight excluding hydrogens is 261 g/mol. The summed E-state index contributed by atoms with van der Waals surface area (Å²) in [5, 5.41) is 0. The van der Waals surface area contributed by atoms with Crippen molar-refractivity contribution < 1.29 is 18.2 Å². The summed E-state index contributed by atoms with van der Waals surface area (Å²) in [4.78, 5) is 23.6. The van der Waals surface area contributed by atoms with Crippen molar-refractivity contribution in [3.63, 3.8) is 0 Å². The molecule has 103 valence electrons. The summed E-state index contributed by atoms with van der Waals surface area (Å²) in [6, 6.07) is 17.2.